The third kappa shape index (κ3) is 2.45. The fourth-order valence-corrected chi connectivity index (χ4v) is 3.08. The number of anilines is 1. The summed E-state index contributed by atoms with van der Waals surface area (Å²) in [5.41, 5.74) is 9.96. The van der Waals surface area contributed by atoms with E-state index in [1.54, 1.807) is 23.9 Å². The van der Waals surface area contributed by atoms with Crippen LogP contribution in [0.5, 0.6) is 0 Å². The molecule has 4 rings (SSSR count). The molecule has 6 nitrogen and oxygen atoms in total. The highest BCUT2D eigenvalue weighted by Crippen LogP contribution is 2.26. The SMILES string of the molecule is Cn1c(=O)c2ccc(-c3ccc(N)nc3)cc2n2nc(C(C)(C)C)cc12. The first-order valence-corrected chi connectivity index (χ1v) is 8.50. The minimum absolute atomic E-state index is 0.0326. The van der Waals surface area contributed by atoms with Gasteiger partial charge in [0.1, 0.15) is 11.5 Å². The van der Waals surface area contributed by atoms with Gasteiger partial charge in [-0.05, 0) is 29.8 Å². The Kier molecular flexibility index (Phi) is 3.41. The van der Waals surface area contributed by atoms with E-state index in [9.17, 15) is 4.79 Å². The zero-order valence-corrected chi connectivity index (χ0v) is 15.3. The minimum atomic E-state index is -0.104. The van der Waals surface area contributed by atoms with Crippen molar-refractivity contribution in [1.29, 1.82) is 0 Å². The molecule has 3 aromatic heterocycles. The van der Waals surface area contributed by atoms with E-state index in [-0.39, 0.29) is 11.0 Å². The number of aryl methyl sites for hydroxylation is 1. The number of aromatic nitrogens is 4. The molecule has 1 aromatic carbocycles. The van der Waals surface area contributed by atoms with Crippen LogP contribution in [0.2, 0.25) is 0 Å². The molecule has 3 heterocycles. The average molecular weight is 347 g/mol. The highest BCUT2D eigenvalue weighted by molar-refractivity contribution is 5.85. The topological polar surface area (TPSA) is 78.2 Å². The number of benzene rings is 1. The normalized spacial score (nSPS) is 12.2. The molecule has 26 heavy (non-hydrogen) atoms. The maximum atomic E-state index is 12.8. The van der Waals surface area contributed by atoms with Gasteiger partial charge < -0.3 is 5.73 Å². The predicted molar refractivity (Wildman–Crippen MR) is 104 cm³/mol. The van der Waals surface area contributed by atoms with Crippen LogP contribution in [0, 0.1) is 0 Å². The molecule has 6 heteroatoms. The van der Waals surface area contributed by atoms with Crippen LogP contribution in [-0.4, -0.2) is 19.2 Å². The summed E-state index contributed by atoms with van der Waals surface area (Å²) >= 11 is 0. The fraction of sp³-hybridized carbons (Fsp3) is 0.250. The zero-order valence-electron chi connectivity index (χ0n) is 15.3. The Hall–Kier alpha value is -3.15. The molecule has 0 saturated carbocycles. The average Bonchev–Trinajstić information content (AvgIpc) is 3.06. The molecule has 0 aliphatic rings. The van der Waals surface area contributed by atoms with Gasteiger partial charge in [0.25, 0.3) is 5.56 Å². The molecular weight excluding hydrogens is 326 g/mol. The van der Waals surface area contributed by atoms with Gasteiger partial charge in [-0.15, -0.1) is 0 Å². The predicted octanol–water partition coefficient (Wildman–Crippen LogP) is 3.13. The number of hydrogen-bond donors (Lipinski definition) is 1. The number of pyridine rings is 1. The molecule has 0 unspecified atom stereocenters. The highest BCUT2D eigenvalue weighted by Gasteiger charge is 2.20. The van der Waals surface area contributed by atoms with E-state index in [0.717, 1.165) is 28.0 Å². The summed E-state index contributed by atoms with van der Waals surface area (Å²) in [7, 11) is 1.78. The number of rotatable bonds is 1. The Bertz CT molecular complexity index is 1190. The smallest absolute Gasteiger partial charge is 0.261 e. The Balaban J connectivity index is 2.06. The summed E-state index contributed by atoms with van der Waals surface area (Å²) in [5, 5.41) is 5.42. The lowest BCUT2D eigenvalue weighted by Crippen LogP contribution is -2.19. The van der Waals surface area contributed by atoms with Crippen LogP contribution in [0.1, 0.15) is 26.5 Å². The van der Waals surface area contributed by atoms with Crippen LogP contribution >= 0.6 is 0 Å². The monoisotopic (exact) mass is 347 g/mol. The lowest BCUT2D eigenvalue weighted by Gasteiger charge is -2.13. The van der Waals surface area contributed by atoms with Gasteiger partial charge in [0.2, 0.25) is 0 Å². The van der Waals surface area contributed by atoms with Gasteiger partial charge in [0.15, 0.2) is 0 Å². The summed E-state index contributed by atoms with van der Waals surface area (Å²) in [6.07, 6.45) is 1.73. The number of nitrogens with two attached hydrogens (primary N) is 1. The van der Waals surface area contributed by atoms with Crippen molar-refractivity contribution in [3.05, 3.63) is 58.6 Å². The standard InChI is InChI=1S/C20H21N5O/c1-20(2,3)16-10-18-24(4)19(26)14-7-5-12(9-15(14)25(18)23-16)13-6-8-17(21)22-11-13/h5-11H,1-4H3,(H2,21,22). The van der Waals surface area contributed by atoms with Crippen molar-refractivity contribution in [1.82, 2.24) is 19.2 Å². The first kappa shape index (κ1) is 16.3. The second-order valence-corrected chi connectivity index (χ2v) is 7.62. The van der Waals surface area contributed by atoms with Crippen LogP contribution in [0.3, 0.4) is 0 Å². The Morgan fingerprint density at radius 3 is 2.42 bits per heavy atom. The Labute approximate surface area is 150 Å². The molecule has 0 fully saturated rings. The molecule has 0 aliphatic heterocycles. The minimum Gasteiger partial charge on any atom is -0.384 e. The second-order valence-electron chi connectivity index (χ2n) is 7.62. The molecule has 132 valence electrons. The number of nitrogens with zero attached hydrogens (tertiary/aromatic N) is 4. The van der Waals surface area contributed by atoms with Crippen molar-refractivity contribution in [2.75, 3.05) is 5.73 Å². The van der Waals surface area contributed by atoms with Crippen LogP contribution in [0.4, 0.5) is 5.82 Å². The summed E-state index contributed by atoms with van der Waals surface area (Å²) < 4.78 is 3.50. The molecule has 2 N–H and O–H groups in total. The van der Waals surface area contributed by atoms with E-state index in [1.165, 1.54) is 0 Å². The van der Waals surface area contributed by atoms with E-state index >= 15 is 0 Å². The zero-order chi connectivity index (χ0) is 18.6. The van der Waals surface area contributed by atoms with Gasteiger partial charge >= 0.3 is 0 Å². The lowest BCUT2D eigenvalue weighted by molar-refractivity contribution is 0.564. The number of nitrogen functional groups attached to an aromatic ring is 1. The van der Waals surface area contributed by atoms with Gasteiger partial charge in [-0.3, -0.25) is 9.36 Å². The molecule has 0 spiro atoms. The third-order valence-electron chi connectivity index (χ3n) is 4.68. The van der Waals surface area contributed by atoms with Crippen molar-refractivity contribution >= 4 is 22.4 Å². The van der Waals surface area contributed by atoms with Crippen LogP contribution in [-0.2, 0) is 12.5 Å². The van der Waals surface area contributed by atoms with Gasteiger partial charge in [0, 0.05) is 30.3 Å². The first-order valence-electron chi connectivity index (χ1n) is 8.50. The Morgan fingerprint density at radius 2 is 1.77 bits per heavy atom. The molecular formula is C20H21N5O. The molecule has 0 saturated heterocycles. The molecule has 0 bridgehead atoms. The molecule has 0 radical (unpaired) electrons. The quantitative estimate of drug-likeness (QED) is 0.574. The first-order chi connectivity index (χ1) is 12.3. The third-order valence-corrected chi connectivity index (χ3v) is 4.68. The van der Waals surface area contributed by atoms with Crippen LogP contribution in [0.15, 0.2) is 47.4 Å². The highest BCUT2D eigenvalue weighted by atomic mass is 16.1. The second kappa shape index (κ2) is 5.42. The lowest BCUT2D eigenvalue weighted by atomic mass is 9.93. The maximum Gasteiger partial charge on any atom is 0.261 e. The van der Waals surface area contributed by atoms with Crippen molar-refractivity contribution in [3.8, 4) is 11.1 Å². The van der Waals surface area contributed by atoms with Crippen molar-refractivity contribution < 1.29 is 0 Å². The Morgan fingerprint density at radius 1 is 1.04 bits per heavy atom. The summed E-state index contributed by atoms with van der Waals surface area (Å²) in [6, 6.07) is 11.4. The number of hydrogen-bond acceptors (Lipinski definition) is 4. The van der Waals surface area contributed by atoms with E-state index in [0.29, 0.717) is 11.2 Å². The largest absolute Gasteiger partial charge is 0.384 e. The van der Waals surface area contributed by atoms with Crippen LogP contribution < -0.4 is 11.3 Å². The van der Waals surface area contributed by atoms with E-state index in [4.69, 9.17) is 10.8 Å². The summed E-state index contributed by atoms with van der Waals surface area (Å²) in [4.78, 5) is 16.9. The van der Waals surface area contributed by atoms with Crippen molar-refractivity contribution in [2.24, 2.45) is 7.05 Å². The van der Waals surface area contributed by atoms with Gasteiger partial charge in [-0.2, -0.15) is 5.10 Å². The van der Waals surface area contributed by atoms with E-state index in [2.05, 4.69) is 25.8 Å². The van der Waals surface area contributed by atoms with E-state index < -0.39 is 0 Å². The van der Waals surface area contributed by atoms with Crippen molar-refractivity contribution in [3.63, 3.8) is 0 Å². The summed E-state index contributed by atoms with van der Waals surface area (Å²) in [5.74, 6) is 0.479. The molecule has 0 atom stereocenters. The molecule has 0 aliphatic carbocycles. The summed E-state index contributed by atoms with van der Waals surface area (Å²) in [6.45, 7) is 6.33. The van der Waals surface area contributed by atoms with Gasteiger partial charge in [-0.25, -0.2) is 9.50 Å². The van der Waals surface area contributed by atoms with Gasteiger partial charge in [-0.1, -0.05) is 26.8 Å². The maximum absolute atomic E-state index is 12.8. The molecule has 0 amide bonds. The van der Waals surface area contributed by atoms with Gasteiger partial charge in [0.05, 0.1) is 16.6 Å². The van der Waals surface area contributed by atoms with Crippen LogP contribution in [0.25, 0.3) is 27.7 Å². The molecule has 4 aromatic rings. The number of fused-ring (bicyclic) bond motifs is 3. The fourth-order valence-electron chi connectivity index (χ4n) is 3.08. The van der Waals surface area contributed by atoms with Crippen molar-refractivity contribution in [2.45, 2.75) is 26.2 Å². The van der Waals surface area contributed by atoms with E-state index in [1.807, 2.05) is 34.8 Å².